The third kappa shape index (κ3) is 6.38. The van der Waals surface area contributed by atoms with Gasteiger partial charge in [0.1, 0.15) is 5.49 Å². The molecule has 0 aliphatic carbocycles. The van der Waals surface area contributed by atoms with Crippen LogP contribution in [0.3, 0.4) is 0 Å². The van der Waals surface area contributed by atoms with E-state index in [1.807, 2.05) is 13.8 Å². The molecular formula is C7H17O4PS. The Bertz CT molecular complexity index is 209. The molecule has 0 aliphatic heterocycles. The van der Waals surface area contributed by atoms with Crippen LogP contribution in [0.2, 0.25) is 0 Å². The van der Waals surface area contributed by atoms with Gasteiger partial charge in [-0.1, -0.05) is 6.92 Å². The maximum atomic E-state index is 11.2. The van der Waals surface area contributed by atoms with Crippen LogP contribution in [0.15, 0.2) is 0 Å². The molecule has 0 fully saturated rings. The molecule has 0 saturated heterocycles. The van der Waals surface area contributed by atoms with E-state index in [-0.39, 0.29) is 11.2 Å². The number of sulfone groups is 1. The minimum atomic E-state index is -2.98. The second kappa shape index (κ2) is 6.71. The summed E-state index contributed by atoms with van der Waals surface area (Å²) in [6.45, 7) is 6.26. The fourth-order valence-electron chi connectivity index (χ4n) is 0.652. The van der Waals surface area contributed by atoms with E-state index in [0.29, 0.717) is 13.2 Å². The van der Waals surface area contributed by atoms with Gasteiger partial charge in [0.15, 0.2) is 18.2 Å². The highest BCUT2D eigenvalue weighted by Gasteiger charge is 2.18. The van der Waals surface area contributed by atoms with Crippen molar-refractivity contribution in [1.82, 2.24) is 0 Å². The van der Waals surface area contributed by atoms with Crippen LogP contribution in [0.25, 0.3) is 0 Å². The van der Waals surface area contributed by atoms with Crippen molar-refractivity contribution < 1.29 is 17.5 Å². The van der Waals surface area contributed by atoms with Gasteiger partial charge in [-0.2, -0.15) is 0 Å². The molecular weight excluding hydrogens is 211 g/mol. The quantitative estimate of drug-likeness (QED) is 0.623. The molecule has 0 aliphatic rings. The first-order valence-corrected chi connectivity index (χ1v) is 7.47. The largest absolute Gasteiger partial charge is 0.334 e. The Hall–Kier alpha value is 0.300. The zero-order valence-electron chi connectivity index (χ0n) is 8.32. The summed E-state index contributed by atoms with van der Waals surface area (Å²) in [6.07, 6.45) is 0. The van der Waals surface area contributed by atoms with Crippen LogP contribution in [-0.2, 0) is 18.9 Å². The third-order valence-electron chi connectivity index (χ3n) is 1.29. The van der Waals surface area contributed by atoms with Crippen LogP contribution in [0, 0.1) is 0 Å². The minimum Gasteiger partial charge on any atom is -0.334 e. The normalized spacial score (nSPS) is 12.3. The fourth-order valence-corrected chi connectivity index (χ4v) is 3.91. The summed E-state index contributed by atoms with van der Waals surface area (Å²) in [6, 6.07) is 0. The standard InChI is InChI=1S/C7H17O4PS/c1-4-10-12(11-5-2)7-13(8,9)6-3/h4-7H2,1-3H3. The summed E-state index contributed by atoms with van der Waals surface area (Å²) in [5, 5.41) is 0. The van der Waals surface area contributed by atoms with Gasteiger partial charge in [0.2, 0.25) is 0 Å². The molecule has 0 saturated carbocycles. The van der Waals surface area contributed by atoms with Crippen molar-refractivity contribution in [3.05, 3.63) is 0 Å². The van der Waals surface area contributed by atoms with Gasteiger partial charge in [-0.15, -0.1) is 0 Å². The molecule has 0 aromatic carbocycles. The monoisotopic (exact) mass is 228 g/mol. The molecule has 0 heterocycles. The molecule has 4 nitrogen and oxygen atoms in total. The first kappa shape index (κ1) is 13.3. The second-order valence-corrected chi connectivity index (χ2v) is 6.61. The molecule has 0 aromatic rings. The van der Waals surface area contributed by atoms with E-state index in [1.165, 1.54) is 0 Å². The van der Waals surface area contributed by atoms with Crippen LogP contribution in [-0.4, -0.2) is 32.9 Å². The predicted octanol–water partition coefficient (Wildman–Crippen LogP) is 1.76. The van der Waals surface area contributed by atoms with Crippen molar-refractivity contribution in [1.29, 1.82) is 0 Å². The highest BCUT2D eigenvalue weighted by atomic mass is 32.2. The smallest absolute Gasteiger partial charge is 0.186 e. The molecule has 80 valence electrons. The summed E-state index contributed by atoms with van der Waals surface area (Å²) < 4.78 is 32.8. The molecule has 0 spiro atoms. The van der Waals surface area contributed by atoms with Crippen molar-refractivity contribution in [3.63, 3.8) is 0 Å². The first-order chi connectivity index (χ1) is 6.05. The number of hydrogen-bond donors (Lipinski definition) is 0. The van der Waals surface area contributed by atoms with Gasteiger partial charge in [0, 0.05) is 5.75 Å². The van der Waals surface area contributed by atoms with Gasteiger partial charge >= 0.3 is 0 Å². The Labute approximate surface area is 81.5 Å². The lowest BCUT2D eigenvalue weighted by molar-refractivity contribution is 0.272. The van der Waals surface area contributed by atoms with Crippen molar-refractivity contribution in [2.75, 3.05) is 24.5 Å². The fraction of sp³-hybridized carbons (Fsp3) is 1.00. The van der Waals surface area contributed by atoms with E-state index in [0.717, 1.165) is 0 Å². The maximum absolute atomic E-state index is 11.2. The van der Waals surface area contributed by atoms with Crippen LogP contribution in [0.4, 0.5) is 0 Å². The lowest BCUT2D eigenvalue weighted by atomic mass is 10.9. The highest BCUT2D eigenvalue weighted by Crippen LogP contribution is 2.39. The van der Waals surface area contributed by atoms with Gasteiger partial charge in [-0.05, 0) is 13.8 Å². The van der Waals surface area contributed by atoms with Crippen LogP contribution < -0.4 is 0 Å². The van der Waals surface area contributed by atoms with E-state index < -0.39 is 18.2 Å². The molecule has 0 bridgehead atoms. The number of rotatable bonds is 7. The molecule has 0 atom stereocenters. The van der Waals surface area contributed by atoms with E-state index in [4.69, 9.17) is 9.05 Å². The summed E-state index contributed by atoms with van der Waals surface area (Å²) in [7, 11) is -4.23. The maximum Gasteiger partial charge on any atom is 0.186 e. The predicted molar refractivity (Wildman–Crippen MR) is 54.5 cm³/mol. The lowest BCUT2D eigenvalue weighted by Gasteiger charge is -2.14. The molecule has 0 unspecified atom stereocenters. The van der Waals surface area contributed by atoms with E-state index in [2.05, 4.69) is 0 Å². The van der Waals surface area contributed by atoms with Crippen molar-refractivity contribution >= 4 is 18.2 Å². The minimum absolute atomic E-state index is 0.0144. The Morgan fingerprint density at radius 2 is 1.54 bits per heavy atom. The molecule has 0 amide bonds. The average Bonchev–Trinajstić information content (AvgIpc) is 2.05. The topological polar surface area (TPSA) is 52.6 Å². The Morgan fingerprint density at radius 1 is 1.08 bits per heavy atom. The van der Waals surface area contributed by atoms with E-state index in [1.54, 1.807) is 6.92 Å². The molecule has 13 heavy (non-hydrogen) atoms. The summed E-state index contributed by atoms with van der Waals surface area (Å²) in [5.74, 6) is 0.145. The molecule has 0 radical (unpaired) electrons. The zero-order valence-corrected chi connectivity index (χ0v) is 10.0. The Morgan fingerprint density at radius 3 is 1.85 bits per heavy atom. The van der Waals surface area contributed by atoms with Gasteiger partial charge < -0.3 is 9.05 Å². The van der Waals surface area contributed by atoms with Crippen LogP contribution in [0.1, 0.15) is 20.8 Å². The highest BCUT2D eigenvalue weighted by molar-refractivity contribution is 7.96. The SMILES string of the molecule is CCOP(CS(=O)(=O)CC)OCC. The van der Waals surface area contributed by atoms with Crippen molar-refractivity contribution in [2.45, 2.75) is 20.8 Å². The molecule has 0 rings (SSSR count). The zero-order chi connectivity index (χ0) is 10.3. The first-order valence-electron chi connectivity index (χ1n) is 4.29. The lowest BCUT2D eigenvalue weighted by Crippen LogP contribution is -2.09. The van der Waals surface area contributed by atoms with Gasteiger partial charge in [0.05, 0.1) is 13.2 Å². The summed E-state index contributed by atoms with van der Waals surface area (Å²) in [4.78, 5) is 0. The number of hydrogen-bond acceptors (Lipinski definition) is 4. The van der Waals surface area contributed by atoms with Crippen molar-refractivity contribution in [3.8, 4) is 0 Å². The van der Waals surface area contributed by atoms with Gasteiger partial charge in [-0.3, -0.25) is 0 Å². The Balaban J connectivity index is 4.08. The van der Waals surface area contributed by atoms with Crippen LogP contribution in [0.5, 0.6) is 0 Å². The summed E-state index contributed by atoms with van der Waals surface area (Å²) >= 11 is 0. The van der Waals surface area contributed by atoms with Crippen molar-refractivity contribution in [2.24, 2.45) is 0 Å². The average molecular weight is 228 g/mol. The van der Waals surface area contributed by atoms with E-state index in [9.17, 15) is 8.42 Å². The van der Waals surface area contributed by atoms with Gasteiger partial charge in [-0.25, -0.2) is 8.42 Å². The van der Waals surface area contributed by atoms with E-state index >= 15 is 0 Å². The summed E-state index contributed by atoms with van der Waals surface area (Å²) in [5.41, 5.74) is 0.0144. The molecule has 0 aromatic heterocycles. The second-order valence-electron chi connectivity index (χ2n) is 2.33. The third-order valence-corrected chi connectivity index (χ3v) is 5.68. The Kier molecular flexibility index (Phi) is 6.86. The van der Waals surface area contributed by atoms with Crippen LogP contribution >= 0.6 is 8.38 Å². The molecule has 6 heteroatoms. The van der Waals surface area contributed by atoms with Gasteiger partial charge in [0.25, 0.3) is 0 Å². The molecule has 0 N–H and O–H groups in total.